The van der Waals surface area contributed by atoms with E-state index >= 15 is 0 Å². The zero-order valence-corrected chi connectivity index (χ0v) is 17.9. The predicted molar refractivity (Wildman–Crippen MR) is 122 cm³/mol. The Hall–Kier alpha value is -4.66. The van der Waals surface area contributed by atoms with Crippen LogP contribution in [0.2, 0.25) is 0 Å². The first-order chi connectivity index (χ1) is 16.0. The third-order valence-corrected chi connectivity index (χ3v) is 4.33. The summed E-state index contributed by atoms with van der Waals surface area (Å²) in [4.78, 5) is 36.2. The van der Waals surface area contributed by atoms with Gasteiger partial charge in [-0.05, 0) is 66.2 Å². The van der Waals surface area contributed by atoms with Crippen LogP contribution in [0.25, 0.3) is 0 Å². The second-order valence-electron chi connectivity index (χ2n) is 6.57. The number of nitrogens with zero attached hydrogens (tertiary/aromatic N) is 1. The second kappa shape index (κ2) is 11.1. The molecular formula is C24H21N3O6. The fraction of sp³-hybridized carbons (Fsp3) is 0.0833. The lowest BCUT2D eigenvalue weighted by Gasteiger charge is -2.06. The Morgan fingerprint density at radius 1 is 0.788 bits per heavy atom. The Kier molecular flexibility index (Phi) is 7.74. The van der Waals surface area contributed by atoms with Gasteiger partial charge in [0.25, 0.3) is 0 Å². The summed E-state index contributed by atoms with van der Waals surface area (Å²) in [6.07, 6.45) is 1.32. The zero-order chi connectivity index (χ0) is 23.6. The van der Waals surface area contributed by atoms with Gasteiger partial charge in [-0.15, -0.1) is 0 Å². The van der Waals surface area contributed by atoms with Crippen molar-refractivity contribution >= 4 is 29.7 Å². The number of hydrogen-bond acceptors (Lipinski definition) is 7. The number of hydrogen-bond donors (Lipinski definition) is 2. The molecular weight excluding hydrogens is 426 g/mol. The van der Waals surface area contributed by atoms with Gasteiger partial charge in [0.1, 0.15) is 17.2 Å². The van der Waals surface area contributed by atoms with Crippen LogP contribution in [-0.4, -0.2) is 38.2 Å². The molecule has 0 saturated heterocycles. The summed E-state index contributed by atoms with van der Waals surface area (Å²) in [5.74, 6) is -0.800. The van der Waals surface area contributed by atoms with Crippen molar-refractivity contribution < 1.29 is 28.6 Å². The smallest absolute Gasteiger partial charge is 0.343 e. The van der Waals surface area contributed by atoms with Crippen molar-refractivity contribution in [2.45, 2.75) is 0 Å². The van der Waals surface area contributed by atoms with Crippen LogP contribution in [-0.2, 0) is 9.59 Å². The number of nitrogens with one attached hydrogen (secondary N) is 2. The molecule has 9 heteroatoms. The molecule has 0 aliphatic rings. The molecule has 2 amide bonds. The zero-order valence-electron chi connectivity index (χ0n) is 17.9. The third-order valence-electron chi connectivity index (χ3n) is 4.33. The van der Waals surface area contributed by atoms with Gasteiger partial charge in [0, 0.05) is 5.69 Å². The number of hydrazone groups is 1. The molecule has 0 aliphatic carbocycles. The Labute approximate surface area is 190 Å². The van der Waals surface area contributed by atoms with E-state index in [1.54, 1.807) is 72.8 Å². The van der Waals surface area contributed by atoms with Gasteiger partial charge in [-0.1, -0.05) is 12.1 Å². The van der Waals surface area contributed by atoms with Crippen LogP contribution in [0.3, 0.4) is 0 Å². The van der Waals surface area contributed by atoms with Crippen molar-refractivity contribution in [2.24, 2.45) is 5.10 Å². The van der Waals surface area contributed by atoms with E-state index in [0.717, 1.165) is 0 Å². The SMILES string of the molecule is COc1ccc(NC(=O)C(=O)NN=Cc2cccc(OC(=O)c3ccc(OC)cc3)c2)cc1. The molecule has 0 aliphatic heterocycles. The molecule has 9 nitrogen and oxygen atoms in total. The monoisotopic (exact) mass is 447 g/mol. The average Bonchev–Trinajstić information content (AvgIpc) is 2.84. The number of amides is 2. The molecule has 2 N–H and O–H groups in total. The maximum Gasteiger partial charge on any atom is 0.343 e. The molecule has 3 aromatic carbocycles. The van der Waals surface area contributed by atoms with Crippen molar-refractivity contribution in [3.63, 3.8) is 0 Å². The lowest BCUT2D eigenvalue weighted by Crippen LogP contribution is -2.32. The second-order valence-corrected chi connectivity index (χ2v) is 6.57. The summed E-state index contributed by atoms with van der Waals surface area (Å²) in [5, 5.41) is 6.22. The van der Waals surface area contributed by atoms with Crippen LogP contribution in [0.5, 0.6) is 17.2 Å². The van der Waals surface area contributed by atoms with E-state index in [1.165, 1.54) is 20.4 Å². The van der Waals surface area contributed by atoms with Gasteiger partial charge in [-0.2, -0.15) is 5.10 Å². The van der Waals surface area contributed by atoms with Gasteiger partial charge >= 0.3 is 17.8 Å². The highest BCUT2D eigenvalue weighted by molar-refractivity contribution is 6.39. The molecule has 0 aromatic heterocycles. The van der Waals surface area contributed by atoms with Crippen LogP contribution in [0.1, 0.15) is 15.9 Å². The summed E-state index contributed by atoms with van der Waals surface area (Å²) >= 11 is 0. The van der Waals surface area contributed by atoms with E-state index in [2.05, 4.69) is 15.8 Å². The van der Waals surface area contributed by atoms with E-state index in [1.807, 2.05) is 0 Å². The van der Waals surface area contributed by atoms with Crippen molar-refractivity contribution in [1.29, 1.82) is 0 Å². The summed E-state index contributed by atoms with van der Waals surface area (Å²) in [5.41, 5.74) is 3.49. The van der Waals surface area contributed by atoms with E-state index in [0.29, 0.717) is 34.1 Å². The quantitative estimate of drug-likeness (QED) is 0.189. The van der Waals surface area contributed by atoms with Crippen molar-refractivity contribution in [2.75, 3.05) is 19.5 Å². The Morgan fingerprint density at radius 3 is 2.06 bits per heavy atom. The number of ether oxygens (including phenoxy) is 3. The van der Waals surface area contributed by atoms with Crippen LogP contribution in [0, 0.1) is 0 Å². The first kappa shape index (κ1) is 23.0. The molecule has 3 aromatic rings. The number of methoxy groups -OCH3 is 2. The number of rotatable bonds is 7. The highest BCUT2D eigenvalue weighted by Crippen LogP contribution is 2.17. The van der Waals surface area contributed by atoms with E-state index in [4.69, 9.17) is 14.2 Å². The first-order valence-electron chi connectivity index (χ1n) is 9.73. The van der Waals surface area contributed by atoms with Gasteiger partial charge in [0.2, 0.25) is 0 Å². The molecule has 33 heavy (non-hydrogen) atoms. The third kappa shape index (κ3) is 6.66. The maximum absolute atomic E-state index is 12.3. The number of carbonyl (C=O) groups is 3. The maximum atomic E-state index is 12.3. The Bertz CT molecular complexity index is 1160. The molecule has 0 radical (unpaired) electrons. The molecule has 0 saturated carbocycles. The Balaban J connectivity index is 1.54. The van der Waals surface area contributed by atoms with E-state index < -0.39 is 17.8 Å². The van der Waals surface area contributed by atoms with Crippen molar-refractivity contribution in [1.82, 2.24) is 5.43 Å². The normalized spacial score (nSPS) is 10.4. The van der Waals surface area contributed by atoms with E-state index in [-0.39, 0.29) is 0 Å². The minimum atomic E-state index is -0.941. The summed E-state index contributed by atoms with van der Waals surface area (Å²) in [7, 11) is 3.07. The molecule has 0 spiro atoms. The summed E-state index contributed by atoms with van der Waals surface area (Å²) < 4.78 is 15.5. The lowest BCUT2D eigenvalue weighted by molar-refractivity contribution is -0.136. The number of anilines is 1. The summed E-state index contributed by atoms with van der Waals surface area (Å²) in [6.45, 7) is 0. The minimum absolute atomic E-state index is 0.295. The average molecular weight is 447 g/mol. The van der Waals surface area contributed by atoms with Gasteiger partial charge in [0.15, 0.2) is 0 Å². The standard InChI is InChI=1S/C24H21N3O6/c1-31-19-10-6-17(7-11-19)24(30)33-21-5-3-4-16(14-21)15-25-27-23(29)22(28)26-18-8-12-20(32-2)13-9-18/h3-15H,1-2H3,(H,26,28)(H,27,29). The van der Waals surface area contributed by atoms with Gasteiger partial charge < -0.3 is 19.5 Å². The fourth-order valence-electron chi connectivity index (χ4n) is 2.63. The molecule has 168 valence electrons. The van der Waals surface area contributed by atoms with Crippen LogP contribution >= 0.6 is 0 Å². The number of carbonyl (C=O) groups excluding carboxylic acids is 3. The minimum Gasteiger partial charge on any atom is -0.497 e. The highest BCUT2D eigenvalue weighted by Gasteiger charge is 2.13. The van der Waals surface area contributed by atoms with Crippen LogP contribution in [0.15, 0.2) is 77.9 Å². The van der Waals surface area contributed by atoms with Gasteiger partial charge in [-0.3, -0.25) is 9.59 Å². The van der Waals surface area contributed by atoms with Crippen molar-refractivity contribution in [3.8, 4) is 17.2 Å². The summed E-state index contributed by atoms with van der Waals surface area (Å²) in [6, 6.07) is 19.6. The first-order valence-corrected chi connectivity index (χ1v) is 9.73. The topological polar surface area (TPSA) is 115 Å². The molecule has 0 unspecified atom stereocenters. The molecule has 0 fully saturated rings. The highest BCUT2D eigenvalue weighted by atomic mass is 16.5. The molecule has 0 bridgehead atoms. The lowest BCUT2D eigenvalue weighted by atomic mass is 10.2. The molecule has 3 rings (SSSR count). The fourth-order valence-corrected chi connectivity index (χ4v) is 2.63. The molecule has 0 heterocycles. The van der Waals surface area contributed by atoms with Crippen LogP contribution < -0.4 is 25.0 Å². The number of esters is 1. The largest absolute Gasteiger partial charge is 0.497 e. The van der Waals surface area contributed by atoms with Crippen LogP contribution in [0.4, 0.5) is 5.69 Å². The van der Waals surface area contributed by atoms with Gasteiger partial charge in [0.05, 0.1) is 26.0 Å². The Morgan fingerprint density at radius 2 is 1.42 bits per heavy atom. The van der Waals surface area contributed by atoms with E-state index in [9.17, 15) is 14.4 Å². The number of benzene rings is 3. The van der Waals surface area contributed by atoms with Crippen molar-refractivity contribution in [3.05, 3.63) is 83.9 Å². The molecule has 0 atom stereocenters. The van der Waals surface area contributed by atoms with Gasteiger partial charge in [-0.25, -0.2) is 10.2 Å². The predicted octanol–water partition coefficient (Wildman–Crippen LogP) is 3.01.